The zero-order valence-electron chi connectivity index (χ0n) is 13.1. The van der Waals surface area contributed by atoms with E-state index in [1.165, 1.54) is 0 Å². The van der Waals surface area contributed by atoms with Crippen molar-refractivity contribution in [3.05, 3.63) is 35.7 Å². The lowest BCUT2D eigenvalue weighted by Crippen LogP contribution is -2.53. The number of pyridine rings is 1. The van der Waals surface area contributed by atoms with Gasteiger partial charge in [-0.05, 0) is 19.1 Å². The predicted octanol–water partition coefficient (Wildman–Crippen LogP) is 2.53. The van der Waals surface area contributed by atoms with E-state index in [4.69, 9.17) is 0 Å². The highest BCUT2D eigenvalue weighted by molar-refractivity contribution is 6.14. The molecule has 3 heterocycles. The van der Waals surface area contributed by atoms with E-state index in [1.54, 1.807) is 0 Å². The van der Waals surface area contributed by atoms with Crippen molar-refractivity contribution >= 4 is 17.1 Å². The van der Waals surface area contributed by atoms with E-state index in [0.29, 0.717) is 0 Å². The van der Waals surface area contributed by atoms with Crippen molar-refractivity contribution in [2.75, 3.05) is 0 Å². The van der Waals surface area contributed by atoms with Gasteiger partial charge in [-0.15, -0.1) is 0 Å². The smallest absolute Gasteiger partial charge is 0.246 e. The first-order valence-corrected chi connectivity index (χ1v) is 7.10. The first-order chi connectivity index (χ1) is 9.76. The number of carbonyl (C=O) groups excluding carboxylic acids is 1. The molecule has 1 aliphatic rings. The molecule has 2 aromatic heterocycles. The van der Waals surface area contributed by atoms with Crippen molar-refractivity contribution in [2.45, 2.75) is 34.6 Å². The number of nitrogens with one attached hydrogen (secondary N) is 1. The first-order valence-electron chi connectivity index (χ1n) is 7.10. The van der Waals surface area contributed by atoms with Crippen LogP contribution in [0, 0.1) is 17.8 Å². The molecule has 3 rings (SSSR count). The maximum atomic E-state index is 12.2. The summed E-state index contributed by atoms with van der Waals surface area (Å²) in [6.07, 6.45) is 1.92. The average Bonchev–Trinajstić information content (AvgIpc) is 2.73. The highest BCUT2D eigenvalue weighted by Gasteiger charge is 2.50. The van der Waals surface area contributed by atoms with Crippen molar-refractivity contribution < 1.29 is 4.79 Å². The third-order valence-electron chi connectivity index (χ3n) is 4.94. The van der Waals surface area contributed by atoms with Crippen LogP contribution in [-0.2, 0) is 4.79 Å². The molecule has 1 N–H and O–H groups in total. The summed E-state index contributed by atoms with van der Waals surface area (Å²) in [6.45, 7) is 10.0. The SMILES string of the molecule is Cc1nn2ccccc2c1C1=NNC(=O)C(C)(C)C1(C)C. The standard InChI is InChI=1S/C16H20N4O/c1-10-12(11-8-6-7-9-20(11)19-10)13-15(2,3)16(4,5)14(21)18-17-13/h6-9H,1-5H3,(H,18,21). The summed E-state index contributed by atoms with van der Waals surface area (Å²) in [6, 6.07) is 5.96. The van der Waals surface area contributed by atoms with Gasteiger partial charge < -0.3 is 0 Å². The van der Waals surface area contributed by atoms with Gasteiger partial charge in [-0.3, -0.25) is 4.79 Å². The quantitative estimate of drug-likeness (QED) is 0.874. The number of hydrogen-bond acceptors (Lipinski definition) is 3. The van der Waals surface area contributed by atoms with E-state index < -0.39 is 5.41 Å². The number of aryl methyl sites for hydroxylation is 1. The molecule has 0 aromatic carbocycles. The molecular formula is C16H20N4O. The molecule has 0 unspecified atom stereocenters. The summed E-state index contributed by atoms with van der Waals surface area (Å²) in [5.74, 6) is -0.0506. The lowest BCUT2D eigenvalue weighted by molar-refractivity contribution is -0.134. The second kappa shape index (κ2) is 4.16. The minimum absolute atomic E-state index is 0.0506. The highest BCUT2D eigenvalue weighted by Crippen LogP contribution is 2.44. The number of nitrogens with zero attached hydrogens (tertiary/aromatic N) is 3. The second-order valence-corrected chi connectivity index (χ2v) is 6.64. The highest BCUT2D eigenvalue weighted by atomic mass is 16.2. The number of carbonyl (C=O) groups is 1. The number of hydrazone groups is 1. The minimum Gasteiger partial charge on any atom is -0.273 e. The van der Waals surface area contributed by atoms with E-state index in [-0.39, 0.29) is 11.3 Å². The van der Waals surface area contributed by atoms with Gasteiger partial charge in [0.1, 0.15) is 0 Å². The number of aromatic nitrogens is 2. The third kappa shape index (κ3) is 1.73. The molecule has 1 amide bonds. The van der Waals surface area contributed by atoms with Crippen molar-refractivity contribution in [3.63, 3.8) is 0 Å². The Bertz CT molecular complexity index is 768. The van der Waals surface area contributed by atoms with Crippen molar-refractivity contribution in [2.24, 2.45) is 15.9 Å². The van der Waals surface area contributed by atoms with Gasteiger partial charge in [-0.1, -0.05) is 33.8 Å². The molecule has 0 aliphatic carbocycles. The Morgan fingerprint density at radius 2 is 1.86 bits per heavy atom. The Morgan fingerprint density at radius 1 is 1.14 bits per heavy atom. The van der Waals surface area contributed by atoms with Crippen LogP contribution in [0.25, 0.3) is 5.52 Å². The van der Waals surface area contributed by atoms with Gasteiger partial charge in [0, 0.05) is 17.2 Å². The van der Waals surface area contributed by atoms with E-state index in [9.17, 15) is 4.79 Å². The minimum atomic E-state index is -0.542. The molecule has 0 bridgehead atoms. The lowest BCUT2D eigenvalue weighted by atomic mass is 9.62. The van der Waals surface area contributed by atoms with Gasteiger partial charge >= 0.3 is 0 Å². The predicted molar refractivity (Wildman–Crippen MR) is 82.2 cm³/mol. The van der Waals surface area contributed by atoms with Crippen LogP contribution >= 0.6 is 0 Å². The van der Waals surface area contributed by atoms with Gasteiger partial charge in [0.15, 0.2) is 0 Å². The molecule has 0 atom stereocenters. The Hall–Kier alpha value is -2.17. The zero-order valence-corrected chi connectivity index (χ0v) is 13.1. The van der Waals surface area contributed by atoms with E-state index in [1.807, 2.05) is 49.7 Å². The van der Waals surface area contributed by atoms with Crippen molar-refractivity contribution in [3.8, 4) is 0 Å². The summed E-state index contributed by atoms with van der Waals surface area (Å²) in [5, 5.41) is 8.92. The van der Waals surface area contributed by atoms with Gasteiger partial charge in [-0.2, -0.15) is 10.2 Å². The van der Waals surface area contributed by atoms with Crippen LogP contribution in [0.15, 0.2) is 29.5 Å². The number of fused-ring (bicyclic) bond motifs is 1. The van der Waals surface area contributed by atoms with Gasteiger partial charge in [0.05, 0.1) is 22.3 Å². The van der Waals surface area contributed by atoms with Crippen LogP contribution in [0.5, 0.6) is 0 Å². The fourth-order valence-corrected chi connectivity index (χ4v) is 2.74. The summed E-state index contributed by atoms with van der Waals surface area (Å²) >= 11 is 0. The zero-order chi connectivity index (χ0) is 15.4. The van der Waals surface area contributed by atoms with Crippen LogP contribution in [0.2, 0.25) is 0 Å². The Labute approximate surface area is 124 Å². The van der Waals surface area contributed by atoms with Gasteiger partial charge in [0.25, 0.3) is 0 Å². The molecule has 5 nitrogen and oxygen atoms in total. The molecular weight excluding hydrogens is 264 g/mol. The number of hydrogen-bond donors (Lipinski definition) is 1. The molecule has 110 valence electrons. The topological polar surface area (TPSA) is 58.8 Å². The fraction of sp³-hybridized carbons (Fsp3) is 0.438. The molecule has 0 saturated heterocycles. The molecule has 2 aromatic rings. The largest absolute Gasteiger partial charge is 0.273 e. The van der Waals surface area contributed by atoms with Crippen molar-refractivity contribution in [1.82, 2.24) is 15.0 Å². The fourth-order valence-electron chi connectivity index (χ4n) is 2.74. The van der Waals surface area contributed by atoms with Crippen LogP contribution in [0.4, 0.5) is 0 Å². The van der Waals surface area contributed by atoms with E-state index >= 15 is 0 Å². The summed E-state index contributed by atoms with van der Waals surface area (Å²) in [7, 11) is 0. The van der Waals surface area contributed by atoms with Crippen LogP contribution in [-0.4, -0.2) is 21.2 Å². The lowest BCUT2D eigenvalue weighted by Gasteiger charge is -2.43. The van der Waals surface area contributed by atoms with Gasteiger partial charge in [0.2, 0.25) is 5.91 Å². The number of rotatable bonds is 1. The molecule has 0 radical (unpaired) electrons. The summed E-state index contributed by atoms with van der Waals surface area (Å²) in [4.78, 5) is 12.2. The maximum Gasteiger partial charge on any atom is 0.246 e. The number of amides is 1. The summed E-state index contributed by atoms with van der Waals surface area (Å²) < 4.78 is 1.85. The normalized spacial score (nSPS) is 20.2. The third-order valence-corrected chi connectivity index (χ3v) is 4.94. The van der Waals surface area contributed by atoms with Crippen LogP contribution < -0.4 is 5.43 Å². The molecule has 5 heteroatoms. The maximum absolute atomic E-state index is 12.2. The Morgan fingerprint density at radius 3 is 2.57 bits per heavy atom. The summed E-state index contributed by atoms with van der Waals surface area (Å²) in [5.41, 5.74) is 5.55. The van der Waals surface area contributed by atoms with Crippen LogP contribution in [0.1, 0.15) is 39.0 Å². The molecule has 0 saturated carbocycles. The average molecular weight is 284 g/mol. The monoisotopic (exact) mass is 284 g/mol. The first kappa shape index (κ1) is 13.8. The van der Waals surface area contributed by atoms with E-state index in [0.717, 1.165) is 22.5 Å². The molecule has 0 fully saturated rings. The molecule has 0 spiro atoms. The van der Waals surface area contributed by atoms with Crippen LogP contribution in [0.3, 0.4) is 0 Å². The second-order valence-electron chi connectivity index (χ2n) is 6.64. The van der Waals surface area contributed by atoms with Gasteiger partial charge in [-0.25, -0.2) is 9.94 Å². The molecule has 1 aliphatic heterocycles. The molecule has 21 heavy (non-hydrogen) atoms. The van der Waals surface area contributed by atoms with Crippen molar-refractivity contribution in [1.29, 1.82) is 0 Å². The van der Waals surface area contributed by atoms with E-state index in [2.05, 4.69) is 29.5 Å². The Balaban J connectivity index is 2.28. The Kier molecular flexibility index (Phi) is 2.74.